The Morgan fingerprint density at radius 1 is 0.400 bits per heavy atom. The van der Waals surface area contributed by atoms with E-state index in [1.54, 1.807) is 0 Å². The monoisotopic (exact) mass is 803 g/mol. The van der Waals surface area contributed by atoms with Crippen molar-refractivity contribution >= 4 is 19.8 Å². The lowest BCUT2D eigenvalue weighted by molar-refractivity contribution is -0.161. The highest BCUT2D eigenvalue weighted by Gasteiger charge is 2.23. The third kappa shape index (κ3) is 45.6. The van der Waals surface area contributed by atoms with Gasteiger partial charge in [0.1, 0.15) is 6.61 Å². The number of phosphoric acid groups is 1. The van der Waals surface area contributed by atoms with Crippen LogP contribution >= 0.6 is 7.82 Å². The summed E-state index contributed by atoms with van der Waals surface area (Å²) in [4.78, 5) is 43.0. The highest BCUT2D eigenvalue weighted by Crippen LogP contribution is 2.36. The molecule has 0 amide bonds. The van der Waals surface area contributed by atoms with Gasteiger partial charge in [-0.05, 0) is 12.8 Å². The number of unbranched alkanes of at least 4 members (excludes halogenated alkanes) is 35. The second-order valence-electron chi connectivity index (χ2n) is 16.5. The first-order valence-corrected chi connectivity index (χ1v) is 25.4. The van der Waals surface area contributed by atoms with Crippen molar-refractivity contribution in [2.24, 2.45) is 0 Å². The Morgan fingerprint density at radius 3 is 0.927 bits per heavy atom. The molecule has 1 atom stereocenters. The van der Waals surface area contributed by atoms with Crippen molar-refractivity contribution in [1.82, 2.24) is 0 Å². The van der Waals surface area contributed by atoms with Gasteiger partial charge in [-0.15, -0.1) is 0 Å². The molecule has 0 unspecified atom stereocenters. The largest absolute Gasteiger partial charge is 0.469 e. The molecule has 55 heavy (non-hydrogen) atoms. The lowest BCUT2D eigenvalue weighted by Crippen LogP contribution is -2.29. The molecule has 8 nitrogen and oxygen atoms in total. The molecule has 0 fully saturated rings. The lowest BCUT2D eigenvalue weighted by atomic mass is 10.0. The fourth-order valence-corrected chi connectivity index (χ4v) is 7.68. The van der Waals surface area contributed by atoms with Crippen LogP contribution < -0.4 is 0 Å². The SMILES string of the molecule is CCCCCCCCCCCCCCCCCCCCCCCCC(=O)OC[C@H](COP(=O)(O)O)OC(=O)CCCCCCCCCCCCCCCCC. The molecule has 0 saturated heterocycles. The molecule has 0 spiro atoms. The number of rotatable bonds is 45. The van der Waals surface area contributed by atoms with Gasteiger partial charge in [-0.25, -0.2) is 4.57 Å². The molecule has 2 N–H and O–H groups in total. The van der Waals surface area contributed by atoms with E-state index in [0.29, 0.717) is 6.42 Å². The minimum Gasteiger partial charge on any atom is -0.462 e. The fraction of sp³-hybridized carbons (Fsp3) is 0.957. The van der Waals surface area contributed by atoms with Gasteiger partial charge in [-0.1, -0.05) is 239 Å². The molecular formula is C46H91O8P. The zero-order chi connectivity index (χ0) is 40.3. The van der Waals surface area contributed by atoms with E-state index in [0.717, 1.165) is 32.1 Å². The summed E-state index contributed by atoms with van der Waals surface area (Å²) in [5.74, 6) is -0.863. The Hall–Kier alpha value is -0.950. The summed E-state index contributed by atoms with van der Waals surface area (Å²) in [5.41, 5.74) is 0. The van der Waals surface area contributed by atoms with Crippen LogP contribution in [0.1, 0.15) is 264 Å². The maximum absolute atomic E-state index is 12.4. The summed E-state index contributed by atoms with van der Waals surface area (Å²) in [6.07, 6.45) is 46.9. The van der Waals surface area contributed by atoms with Gasteiger partial charge in [-0.3, -0.25) is 14.1 Å². The van der Waals surface area contributed by atoms with Gasteiger partial charge in [0.15, 0.2) is 6.10 Å². The van der Waals surface area contributed by atoms with E-state index in [1.165, 1.54) is 199 Å². The molecule has 0 bridgehead atoms. The third-order valence-electron chi connectivity index (χ3n) is 10.9. The molecule has 0 rings (SSSR count). The summed E-state index contributed by atoms with van der Waals surface area (Å²) in [7, 11) is -4.75. The third-order valence-corrected chi connectivity index (χ3v) is 11.4. The number of hydrogen-bond acceptors (Lipinski definition) is 6. The normalized spacial score (nSPS) is 12.3. The second-order valence-corrected chi connectivity index (χ2v) is 17.7. The van der Waals surface area contributed by atoms with Crippen molar-refractivity contribution in [2.45, 2.75) is 270 Å². The molecule has 0 aliphatic rings. The van der Waals surface area contributed by atoms with E-state index in [2.05, 4.69) is 18.4 Å². The van der Waals surface area contributed by atoms with Gasteiger partial charge in [0.2, 0.25) is 0 Å². The zero-order valence-electron chi connectivity index (χ0n) is 36.4. The van der Waals surface area contributed by atoms with Crippen LogP contribution in [0.3, 0.4) is 0 Å². The maximum atomic E-state index is 12.4. The van der Waals surface area contributed by atoms with Crippen LogP contribution in [0.5, 0.6) is 0 Å². The molecule has 0 aromatic rings. The van der Waals surface area contributed by atoms with Crippen molar-refractivity contribution in [3.8, 4) is 0 Å². The van der Waals surface area contributed by atoms with Crippen molar-refractivity contribution in [1.29, 1.82) is 0 Å². The number of carbonyl (C=O) groups excluding carboxylic acids is 2. The predicted octanol–water partition coefficient (Wildman–Crippen LogP) is 14.8. The standard InChI is InChI=1S/C46H91O8P/c1-3-5-7-9-11-13-15-17-19-20-21-22-23-24-25-27-28-30-32-34-36-38-40-45(47)52-42-44(43-53-55(49,50)51)54-46(48)41-39-37-35-33-31-29-26-18-16-14-12-10-8-6-4-2/h44H,3-43H2,1-2H3,(H2,49,50,51)/t44-/m1/s1. The van der Waals surface area contributed by atoms with Crippen LogP contribution in [0, 0.1) is 0 Å². The van der Waals surface area contributed by atoms with Crippen molar-refractivity contribution in [3.63, 3.8) is 0 Å². The topological polar surface area (TPSA) is 119 Å². The van der Waals surface area contributed by atoms with Crippen LogP contribution in [0.2, 0.25) is 0 Å². The number of phosphoric ester groups is 1. The molecule has 0 aliphatic heterocycles. The highest BCUT2D eigenvalue weighted by molar-refractivity contribution is 7.46. The van der Waals surface area contributed by atoms with Crippen LogP contribution in [0.25, 0.3) is 0 Å². The lowest BCUT2D eigenvalue weighted by Gasteiger charge is -2.18. The van der Waals surface area contributed by atoms with E-state index in [-0.39, 0.29) is 19.4 Å². The molecule has 0 aromatic carbocycles. The van der Waals surface area contributed by atoms with Crippen LogP contribution in [0.15, 0.2) is 0 Å². The van der Waals surface area contributed by atoms with E-state index in [4.69, 9.17) is 19.3 Å². The fourth-order valence-electron chi connectivity index (χ4n) is 7.32. The van der Waals surface area contributed by atoms with Crippen LogP contribution in [-0.2, 0) is 28.2 Å². The highest BCUT2D eigenvalue weighted by atomic mass is 31.2. The Balaban J connectivity index is 3.76. The average molecular weight is 803 g/mol. The first-order chi connectivity index (χ1) is 26.8. The van der Waals surface area contributed by atoms with Gasteiger partial charge in [0.05, 0.1) is 6.61 Å². The Bertz CT molecular complexity index is 863. The molecule has 328 valence electrons. The second kappa shape index (κ2) is 42.7. The predicted molar refractivity (Wildman–Crippen MR) is 230 cm³/mol. The number of hydrogen-bond donors (Lipinski definition) is 2. The van der Waals surface area contributed by atoms with E-state index in [1.807, 2.05) is 0 Å². The van der Waals surface area contributed by atoms with Gasteiger partial charge in [-0.2, -0.15) is 0 Å². The van der Waals surface area contributed by atoms with E-state index in [9.17, 15) is 14.2 Å². The summed E-state index contributed by atoms with van der Waals surface area (Å²) in [6.45, 7) is 3.74. The molecule has 0 saturated carbocycles. The van der Waals surface area contributed by atoms with E-state index >= 15 is 0 Å². The summed E-state index contributed by atoms with van der Waals surface area (Å²) in [6, 6.07) is 0. The minimum absolute atomic E-state index is 0.220. The number of carbonyl (C=O) groups is 2. The Morgan fingerprint density at radius 2 is 0.655 bits per heavy atom. The molecule has 0 radical (unpaired) electrons. The molecule has 9 heteroatoms. The molecule has 0 aromatic heterocycles. The van der Waals surface area contributed by atoms with Gasteiger partial charge < -0.3 is 19.3 Å². The number of esters is 2. The van der Waals surface area contributed by atoms with Gasteiger partial charge in [0, 0.05) is 12.8 Å². The van der Waals surface area contributed by atoms with Crippen molar-refractivity contribution in [2.75, 3.05) is 13.2 Å². The minimum atomic E-state index is -4.75. The van der Waals surface area contributed by atoms with Crippen LogP contribution in [0.4, 0.5) is 0 Å². The summed E-state index contributed by atoms with van der Waals surface area (Å²) < 4.78 is 26.5. The molecule has 0 aliphatic carbocycles. The van der Waals surface area contributed by atoms with Crippen molar-refractivity contribution in [3.05, 3.63) is 0 Å². The van der Waals surface area contributed by atoms with E-state index < -0.39 is 32.5 Å². The molecule has 0 heterocycles. The quantitative estimate of drug-likeness (QED) is 0.0355. The first kappa shape index (κ1) is 54.0. The smallest absolute Gasteiger partial charge is 0.462 e. The maximum Gasteiger partial charge on any atom is 0.469 e. The average Bonchev–Trinajstić information content (AvgIpc) is 3.16. The Labute approximate surface area is 340 Å². The summed E-state index contributed by atoms with van der Waals surface area (Å²) in [5, 5.41) is 0. The van der Waals surface area contributed by atoms with Gasteiger partial charge in [0.25, 0.3) is 0 Å². The van der Waals surface area contributed by atoms with Crippen LogP contribution in [-0.4, -0.2) is 41.0 Å². The zero-order valence-corrected chi connectivity index (χ0v) is 37.3. The van der Waals surface area contributed by atoms with Gasteiger partial charge >= 0.3 is 19.8 Å². The van der Waals surface area contributed by atoms with Crippen molar-refractivity contribution < 1.29 is 37.9 Å². The first-order valence-electron chi connectivity index (χ1n) is 23.8. The molecular weight excluding hydrogens is 711 g/mol. The summed E-state index contributed by atoms with van der Waals surface area (Å²) >= 11 is 0. The number of ether oxygens (including phenoxy) is 2. The Kier molecular flexibility index (Phi) is 41.9.